The lowest BCUT2D eigenvalue weighted by atomic mass is 10.2. The number of hydrogen-bond donors (Lipinski definition) is 1. The van der Waals surface area contributed by atoms with E-state index >= 15 is 0 Å². The van der Waals surface area contributed by atoms with E-state index in [0.717, 1.165) is 37.8 Å². The maximum atomic E-state index is 13.5. The molecule has 0 spiro atoms. The third-order valence-electron chi connectivity index (χ3n) is 3.11. The smallest absolute Gasteiger partial charge is 0.339 e. The molecule has 1 fully saturated rings. The second-order valence-corrected chi connectivity index (χ2v) is 6.95. The summed E-state index contributed by atoms with van der Waals surface area (Å²) in [6, 6.07) is 1.68. The van der Waals surface area contributed by atoms with Gasteiger partial charge in [-0.15, -0.1) is 0 Å². The average Bonchev–Trinajstić information content (AvgIpc) is 2.83. The zero-order chi connectivity index (χ0) is 14.9. The fraction of sp³-hybridized carbons (Fsp3) is 0.417. The largest absolute Gasteiger partial charge is 0.459 e. The number of nitrogens with two attached hydrogens (primary N) is 1. The number of primary sulfonamides is 1. The first-order chi connectivity index (χ1) is 9.29. The van der Waals surface area contributed by atoms with Crippen LogP contribution in [0.1, 0.15) is 36.0 Å². The Labute approximate surface area is 124 Å². The normalized spacial score (nSPS) is 16.4. The van der Waals surface area contributed by atoms with Crippen molar-refractivity contribution in [2.45, 2.75) is 36.7 Å². The van der Waals surface area contributed by atoms with Crippen molar-refractivity contribution in [3.05, 3.63) is 28.0 Å². The molecule has 0 heterocycles. The molecule has 20 heavy (non-hydrogen) atoms. The Hall–Kier alpha value is -0.990. The van der Waals surface area contributed by atoms with Crippen molar-refractivity contribution >= 4 is 31.9 Å². The Bertz CT molecular complexity index is 641. The van der Waals surface area contributed by atoms with Crippen molar-refractivity contribution in [3.63, 3.8) is 0 Å². The number of hydrogen-bond acceptors (Lipinski definition) is 4. The van der Waals surface area contributed by atoms with E-state index in [1.807, 2.05) is 0 Å². The van der Waals surface area contributed by atoms with E-state index in [9.17, 15) is 17.6 Å². The van der Waals surface area contributed by atoms with Gasteiger partial charge in [0, 0.05) is 0 Å². The van der Waals surface area contributed by atoms with Crippen LogP contribution in [0.5, 0.6) is 0 Å². The van der Waals surface area contributed by atoms with Crippen LogP contribution in [-0.4, -0.2) is 20.5 Å². The van der Waals surface area contributed by atoms with Crippen LogP contribution in [0, 0.1) is 5.82 Å². The van der Waals surface area contributed by atoms with Crippen LogP contribution in [0.15, 0.2) is 21.5 Å². The van der Waals surface area contributed by atoms with Crippen LogP contribution in [-0.2, 0) is 14.8 Å². The summed E-state index contributed by atoms with van der Waals surface area (Å²) >= 11 is 2.97. The first-order valence-corrected chi connectivity index (χ1v) is 8.36. The Morgan fingerprint density at radius 2 is 1.95 bits per heavy atom. The van der Waals surface area contributed by atoms with Gasteiger partial charge < -0.3 is 4.74 Å². The van der Waals surface area contributed by atoms with Crippen molar-refractivity contribution in [1.29, 1.82) is 0 Å². The van der Waals surface area contributed by atoms with E-state index < -0.39 is 26.7 Å². The predicted octanol–water partition coefficient (Wildman–Crippen LogP) is 2.34. The Morgan fingerprint density at radius 1 is 1.35 bits per heavy atom. The molecular weight excluding hydrogens is 353 g/mol. The molecule has 0 atom stereocenters. The van der Waals surface area contributed by atoms with Gasteiger partial charge in [0.25, 0.3) is 0 Å². The van der Waals surface area contributed by atoms with E-state index in [4.69, 9.17) is 9.88 Å². The summed E-state index contributed by atoms with van der Waals surface area (Å²) in [5.74, 6) is -1.62. The van der Waals surface area contributed by atoms with Gasteiger partial charge in [0.1, 0.15) is 11.9 Å². The summed E-state index contributed by atoms with van der Waals surface area (Å²) in [6.07, 6.45) is 3.28. The van der Waals surface area contributed by atoms with Gasteiger partial charge in [0.2, 0.25) is 10.0 Å². The zero-order valence-corrected chi connectivity index (χ0v) is 12.8. The minimum atomic E-state index is -4.13. The van der Waals surface area contributed by atoms with Crippen molar-refractivity contribution in [2.75, 3.05) is 0 Å². The molecule has 0 aromatic heterocycles. The molecule has 0 saturated heterocycles. The van der Waals surface area contributed by atoms with Gasteiger partial charge in [-0.2, -0.15) is 0 Å². The van der Waals surface area contributed by atoms with Crippen molar-refractivity contribution in [3.8, 4) is 0 Å². The maximum absolute atomic E-state index is 13.5. The van der Waals surface area contributed by atoms with Crippen molar-refractivity contribution < 1.29 is 22.3 Å². The van der Waals surface area contributed by atoms with Gasteiger partial charge in [-0.3, -0.25) is 0 Å². The standard InChI is InChI=1S/C12H13BrFNO4S/c13-11-9(12(16)19-8-3-1-2-4-8)5-7(14)6-10(11)20(15,17)18/h5-6,8H,1-4H2,(H2,15,17,18). The average molecular weight is 366 g/mol. The Kier molecular flexibility index (Phi) is 4.46. The highest BCUT2D eigenvalue weighted by atomic mass is 79.9. The van der Waals surface area contributed by atoms with Crippen LogP contribution in [0.2, 0.25) is 0 Å². The SMILES string of the molecule is NS(=O)(=O)c1cc(F)cc(C(=O)OC2CCCC2)c1Br. The molecule has 1 aliphatic rings. The Balaban J connectivity index is 2.36. The fourth-order valence-corrected chi connectivity index (χ4v) is 3.85. The lowest BCUT2D eigenvalue weighted by molar-refractivity contribution is 0.0316. The van der Waals surface area contributed by atoms with E-state index in [1.165, 1.54) is 0 Å². The number of ether oxygens (including phenoxy) is 1. The minimum Gasteiger partial charge on any atom is -0.459 e. The third-order valence-corrected chi connectivity index (χ3v) is 5.16. The van der Waals surface area contributed by atoms with E-state index in [1.54, 1.807) is 0 Å². The van der Waals surface area contributed by atoms with Crippen LogP contribution < -0.4 is 5.14 Å². The summed E-state index contributed by atoms with van der Waals surface area (Å²) in [5.41, 5.74) is -0.180. The second kappa shape index (κ2) is 5.79. The summed E-state index contributed by atoms with van der Waals surface area (Å²) in [7, 11) is -4.13. The molecule has 1 aromatic rings. The summed E-state index contributed by atoms with van der Waals surface area (Å²) in [4.78, 5) is 11.5. The lowest BCUT2D eigenvalue weighted by Gasteiger charge is -2.13. The number of benzene rings is 1. The van der Waals surface area contributed by atoms with E-state index in [-0.39, 0.29) is 16.1 Å². The fourth-order valence-electron chi connectivity index (χ4n) is 2.14. The third kappa shape index (κ3) is 3.36. The molecule has 1 aliphatic carbocycles. The van der Waals surface area contributed by atoms with E-state index in [2.05, 4.69) is 15.9 Å². The van der Waals surface area contributed by atoms with Gasteiger partial charge in [0.15, 0.2) is 0 Å². The van der Waals surface area contributed by atoms with E-state index in [0.29, 0.717) is 0 Å². The molecule has 110 valence electrons. The van der Waals surface area contributed by atoms with Crippen molar-refractivity contribution in [1.82, 2.24) is 0 Å². The number of carbonyl (C=O) groups excluding carboxylic acids is 1. The number of sulfonamides is 1. The van der Waals surface area contributed by atoms with Gasteiger partial charge >= 0.3 is 5.97 Å². The van der Waals surface area contributed by atoms with Crippen LogP contribution in [0.4, 0.5) is 4.39 Å². The van der Waals surface area contributed by atoms with Crippen LogP contribution in [0.25, 0.3) is 0 Å². The van der Waals surface area contributed by atoms with Gasteiger partial charge in [-0.1, -0.05) is 0 Å². The van der Waals surface area contributed by atoms with Gasteiger partial charge in [-0.05, 0) is 53.7 Å². The zero-order valence-electron chi connectivity index (χ0n) is 10.4. The molecule has 0 radical (unpaired) electrons. The minimum absolute atomic E-state index is 0.0793. The van der Waals surface area contributed by atoms with Gasteiger partial charge in [0.05, 0.1) is 14.9 Å². The molecule has 2 rings (SSSR count). The number of halogens is 2. The highest BCUT2D eigenvalue weighted by Crippen LogP contribution is 2.29. The molecule has 0 bridgehead atoms. The molecule has 0 unspecified atom stereocenters. The van der Waals surface area contributed by atoms with Crippen LogP contribution in [0.3, 0.4) is 0 Å². The lowest BCUT2D eigenvalue weighted by Crippen LogP contribution is -2.18. The predicted molar refractivity (Wildman–Crippen MR) is 73.1 cm³/mol. The highest BCUT2D eigenvalue weighted by molar-refractivity contribution is 9.10. The summed E-state index contributed by atoms with van der Waals surface area (Å²) in [5, 5.41) is 4.98. The molecule has 1 saturated carbocycles. The molecule has 5 nitrogen and oxygen atoms in total. The van der Waals surface area contributed by atoms with Gasteiger partial charge in [-0.25, -0.2) is 22.7 Å². The number of esters is 1. The maximum Gasteiger partial charge on any atom is 0.339 e. The summed E-state index contributed by atoms with van der Waals surface area (Å²) in [6.45, 7) is 0. The van der Waals surface area contributed by atoms with Crippen molar-refractivity contribution in [2.24, 2.45) is 5.14 Å². The number of rotatable bonds is 3. The van der Waals surface area contributed by atoms with Crippen LogP contribution >= 0.6 is 15.9 Å². The Morgan fingerprint density at radius 3 is 2.50 bits per heavy atom. The molecule has 0 aliphatic heterocycles. The first-order valence-electron chi connectivity index (χ1n) is 6.02. The number of carbonyl (C=O) groups is 1. The highest BCUT2D eigenvalue weighted by Gasteiger charge is 2.25. The quantitative estimate of drug-likeness (QED) is 0.832. The topological polar surface area (TPSA) is 86.5 Å². The molecule has 1 aromatic carbocycles. The molecule has 8 heteroatoms. The first kappa shape index (κ1) is 15.4. The molecule has 0 amide bonds. The molecule has 2 N–H and O–H groups in total. The summed E-state index contributed by atoms with van der Waals surface area (Å²) < 4.78 is 41.3. The monoisotopic (exact) mass is 365 g/mol. The molecular formula is C12H13BrFNO4S. The second-order valence-electron chi connectivity index (χ2n) is 4.62.